The van der Waals surface area contributed by atoms with Gasteiger partial charge < -0.3 is 15.2 Å². The van der Waals surface area contributed by atoms with Crippen LogP contribution in [0.15, 0.2) is 24.3 Å². The Kier molecular flexibility index (Phi) is 4.88. The van der Waals surface area contributed by atoms with E-state index in [1.54, 1.807) is 0 Å². The van der Waals surface area contributed by atoms with Crippen molar-refractivity contribution in [2.75, 3.05) is 7.11 Å². The number of carbonyl (C=O) groups is 1. The number of benzene rings is 1. The normalized spacial score (nSPS) is 25.7. The highest BCUT2D eigenvalue weighted by Crippen LogP contribution is 2.30. The lowest BCUT2D eigenvalue weighted by Gasteiger charge is -2.35. The molecule has 2 N–H and O–H groups in total. The smallest absolute Gasteiger partial charge is 0.325 e. The molecule has 0 aliphatic heterocycles. The van der Waals surface area contributed by atoms with Gasteiger partial charge in [0, 0.05) is 6.42 Å². The molecule has 0 amide bonds. The summed E-state index contributed by atoms with van der Waals surface area (Å²) in [7, 11) is 1.38. The van der Waals surface area contributed by atoms with E-state index < -0.39 is 5.54 Å². The van der Waals surface area contributed by atoms with E-state index in [1.165, 1.54) is 12.7 Å². The van der Waals surface area contributed by atoms with Gasteiger partial charge in [0.25, 0.3) is 0 Å². The van der Waals surface area contributed by atoms with Crippen LogP contribution in [0.1, 0.15) is 51.0 Å². The summed E-state index contributed by atoms with van der Waals surface area (Å²) in [4.78, 5) is 11.8. The van der Waals surface area contributed by atoms with E-state index in [4.69, 9.17) is 15.2 Å². The van der Waals surface area contributed by atoms with Crippen molar-refractivity contribution >= 4 is 5.97 Å². The molecule has 116 valence electrons. The molecule has 1 aromatic carbocycles. The highest BCUT2D eigenvalue weighted by atomic mass is 16.5. The number of esters is 1. The predicted molar refractivity (Wildman–Crippen MR) is 82.3 cm³/mol. The Hall–Kier alpha value is -1.55. The number of carbonyl (C=O) groups excluding carboxylic acids is 1. The number of ether oxygens (including phenoxy) is 2. The molecule has 1 saturated carbocycles. The number of methoxy groups -OCH3 is 1. The van der Waals surface area contributed by atoms with Gasteiger partial charge in [-0.05, 0) is 42.9 Å². The molecule has 0 heterocycles. The summed E-state index contributed by atoms with van der Waals surface area (Å²) in [6.45, 7) is 4.33. The van der Waals surface area contributed by atoms with Crippen LogP contribution in [0, 0.1) is 0 Å². The third-order valence-corrected chi connectivity index (χ3v) is 4.18. The van der Waals surface area contributed by atoms with Gasteiger partial charge in [0.1, 0.15) is 17.4 Å². The summed E-state index contributed by atoms with van der Waals surface area (Å²) in [5.74, 6) is 0.995. The summed E-state index contributed by atoms with van der Waals surface area (Å²) < 4.78 is 10.8. The molecule has 1 aromatic rings. The van der Waals surface area contributed by atoms with Gasteiger partial charge in [-0.3, -0.25) is 4.79 Å². The van der Waals surface area contributed by atoms with Gasteiger partial charge in [-0.25, -0.2) is 0 Å². The molecule has 2 rings (SSSR count). The van der Waals surface area contributed by atoms with Crippen molar-refractivity contribution in [2.45, 2.75) is 57.1 Å². The summed E-state index contributed by atoms with van der Waals surface area (Å²) >= 11 is 0. The van der Waals surface area contributed by atoms with E-state index in [0.29, 0.717) is 18.8 Å². The van der Waals surface area contributed by atoms with Crippen LogP contribution in [-0.2, 0) is 9.53 Å². The summed E-state index contributed by atoms with van der Waals surface area (Å²) in [6, 6.07) is 8.14. The van der Waals surface area contributed by atoms with Crippen LogP contribution in [0.4, 0.5) is 0 Å². The fourth-order valence-electron chi connectivity index (χ4n) is 2.87. The minimum Gasteiger partial charge on any atom is -0.490 e. The molecule has 1 aliphatic rings. The summed E-state index contributed by atoms with van der Waals surface area (Å²) in [5.41, 5.74) is 6.55. The van der Waals surface area contributed by atoms with Gasteiger partial charge in [-0.2, -0.15) is 0 Å². The first-order valence-corrected chi connectivity index (χ1v) is 7.58. The Balaban J connectivity index is 2.01. The zero-order valence-electron chi connectivity index (χ0n) is 13.1. The molecule has 0 spiro atoms. The molecule has 0 aromatic heterocycles. The van der Waals surface area contributed by atoms with Crippen LogP contribution in [0.3, 0.4) is 0 Å². The van der Waals surface area contributed by atoms with Crippen LogP contribution >= 0.6 is 0 Å². The first-order chi connectivity index (χ1) is 9.94. The molecule has 1 aliphatic carbocycles. The van der Waals surface area contributed by atoms with Gasteiger partial charge in [0.15, 0.2) is 0 Å². The molecule has 4 nitrogen and oxygen atoms in total. The second-order valence-electron chi connectivity index (χ2n) is 6.21. The van der Waals surface area contributed by atoms with Crippen LogP contribution in [0.25, 0.3) is 0 Å². The third kappa shape index (κ3) is 3.76. The van der Waals surface area contributed by atoms with Gasteiger partial charge in [0.05, 0.1) is 7.11 Å². The van der Waals surface area contributed by atoms with Crippen molar-refractivity contribution in [2.24, 2.45) is 5.73 Å². The molecular formula is C17H25NO3. The first kappa shape index (κ1) is 15.8. The molecular weight excluding hydrogens is 266 g/mol. The van der Waals surface area contributed by atoms with Crippen LogP contribution in [-0.4, -0.2) is 24.7 Å². The minimum atomic E-state index is -0.907. The topological polar surface area (TPSA) is 61.5 Å². The highest BCUT2D eigenvalue weighted by molar-refractivity contribution is 5.80. The van der Waals surface area contributed by atoms with E-state index in [0.717, 1.165) is 18.6 Å². The average molecular weight is 291 g/mol. The number of rotatable bonds is 4. The lowest BCUT2D eigenvalue weighted by atomic mass is 9.81. The Morgan fingerprint density at radius 1 is 1.33 bits per heavy atom. The largest absolute Gasteiger partial charge is 0.490 e. The van der Waals surface area contributed by atoms with Gasteiger partial charge in [0.2, 0.25) is 0 Å². The molecule has 0 radical (unpaired) electrons. The second-order valence-corrected chi connectivity index (χ2v) is 6.21. The molecule has 21 heavy (non-hydrogen) atoms. The van der Waals surface area contributed by atoms with Gasteiger partial charge in [-0.1, -0.05) is 26.0 Å². The van der Waals surface area contributed by atoms with Crippen molar-refractivity contribution in [3.63, 3.8) is 0 Å². The third-order valence-electron chi connectivity index (χ3n) is 4.18. The first-order valence-electron chi connectivity index (χ1n) is 7.58. The molecule has 2 atom stereocenters. The lowest BCUT2D eigenvalue weighted by Crippen LogP contribution is -2.53. The van der Waals surface area contributed by atoms with Gasteiger partial charge >= 0.3 is 5.97 Å². The fourth-order valence-corrected chi connectivity index (χ4v) is 2.87. The maximum Gasteiger partial charge on any atom is 0.325 e. The van der Waals surface area contributed by atoms with Crippen molar-refractivity contribution in [3.8, 4) is 5.75 Å². The van der Waals surface area contributed by atoms with E-state index in [9.17, 15) is 4.79 Å². The zero-order chi connectivity index (χ0) is 15.5. The minimum absolute atomic E-state index is 0.0345. The Morgan fingerprint density at radius 3 is 2.57 bits per heavy atom. The summed E-state index contributed by atoms with van der Waals surface area (Å²) in [5, 5.41) is 0. The van der Waals surface area contributed by atoms with Crippen LogP contribution in [0.5, 0.6) is 5.75 Å². The second kappa shape index (κ2) is 6.48. The van der Waals surface area contributed by atoms with Crippen molar-refractivity contribution < 1.29 is 14.3 Å². The number of nitrogens with two attached hydrogens (primary N) is 1. The maximum atomic E-state index is 11.8. The number of hydrogen-bond acceptors (Lipinski definition) is 4. The Labute approximate surface area is 126 Å². The average Bonchev–Trinajstić information content (AvgIpc) is 2.47. The van der Waals surface area contributed by atoms with Crippen molar-refractivity contribution in [1.82, 2.24) is 0 Å². The van der Waals surface area contributed by atoms with Crippen molar-refractivity contribution in [3.05, 3.63) is 29.8 Å². The predicted octanol–water partition coefficient (Wildman–Crippen LogP) is 3.00. The van der Waals surface area contributed by atoms with Crippen LogP contribution in [0.2, 0.25) is 0 Å². The fraction of sp³-hybridized carbons (Fsp3) is 0.588. The highest BCUT2D eigenvalue weighted by Gasteiger charge is 2.41. The Morgan fingerprint density at radius 2 is 2.00 bits per heavy atom. The van der Waals surface area contributed by atoms with E-state index in [-0.39, 0.29) is 12.1 Å². The maximum absolute atomic E-state index is 11.8. The van der Waals surface area contributed by atoms with Crippen LogP contribution < -0.4 is 10.5 Å². The zero-order valence-corrected chi connectivity index (χ0v) is 13.1. The quantitative estimate of drug-likeness (QED) is 0.866. The van der Waals surface area contributed by atoms with Crippen molar-refractivity contribution in [1.29, 1.82) is 0 Å². The molecule has 4 heteroatoms. The standard InChI is InChI=1S/C17H25NO3/c1-12(2)13-6-8-14(9-7-13)21-15-5-4-10-17(18,11-15)16(19)20-3/h6-9,12,15H,4-5,10-11,18H2,1-3H3. The van der Waals surface area contributed by atoms with E-state index in [2.05, 4.69) is 26.0 Å². The molecule has 1 fully saturated rings. The Bertz CT molecular complexity index is 483. The molecule has 0 saturated heterocycles. The SMILES string of the molecule is COC(=O)C1(N)CCCC(Oc2ccc(C(C)C)cc2)C1. The lowest BCUT2D eigenvalue weighted by molar-refractivity contribution is -0.149. The van der Waals surface area contributed by atoms with E-state index >= 15 is 0 Å². The summed E-state index contributed by atoms with van der Waals surface area (Å²) in [6.07, 6.45) is 2.92. The van der Waals surface area contributed by atoms with Gasteiger partial charge in [-0.15, -0.1) is 0 Å². The monoisotopic (exact) mass is 291 g/mol. The molecule has 0 bridgehead atoms. The molecule has 2 unspecified atom stereocenters. The number of hydrogen-bond donors (Lipinski definition) is 1. The van der Waals surface area contributed by atoms with E-state index in [1.807, 2.05) is 12.1 Å².